The van der Waals surface area contributed by atoms with Crippen molar-refractivity contribution < 1.29 is 9.18 Å². The van der Waals surface area contributed by atoms with Gasteiger partial charge in [0.15, 0.2) is 0 Å². The van der Waals surface area contributed by atoms with E-state index in [2.05, 4.69) is 42.5 Å². The van der Waals surface area contributed by atoms with E-state index in [-0.39, 0.29) is 17.6 Å². The zero-order chi connectivity index (χ0) is 23.1. The summed E-state index contributed by atoms with van der Waals surface area (Å²) in [7, 11) is 0. The monoisotopic (exact) mass is 445 g/mol. The number of fused-ring (bicyclic) bond motifs is 2. The Kier molecular flexibility index (Phi) is 4.91. The third-order valence-electron chi connectivity index (χ3n) is 7.23. The number of benzene rings is 4. The number of hydrogen-bond donors (Lipinski definition) is 0. The smallest absolute Gasteiger partial charge is 0.239 e. The lowest BCUT2D eigenvalue weighted by Gasteiger charge is -2.31. The second-order valence-corrected chi connectivity index (χ2v) is 9.13. The summed E-state index contributed by atoms with van der Waals surface area (Å²) in [6.07, 6.45) is 2.81. The van der Waals surface area contributed by atoms with Crippen LogP contribution in [0.1, 0.15) is 34.6 Å². The second-order valence-electron chi connectivity index (χ2n) is 9.13. The Morgan fingerprint density at radius 2 is 1.44 bits per heavy atom. The van der Waals surface area contributed by atoms with Crippen molar-refractivity contribution in [2.24, 2.45) is 0 Å². The largest absolute Gasteiger partial charge is 0.307 e. The molecule has 0 N–H and O–H groups in total. The van der Waals surface area contributed by atoms with Crippen molar-refractivity contribution in [1.29, 1.82) is 0 Å². The summed E-state index contributed by atoms with van der Waals surface area (Å²) in [6.45, 7) is 0.534. The van der Waals surface area contributed by atoms with E-state index >= 15 is 0 Å². The van der Waals surface area contributed by atoms with Crippen LogP contribution >= 0.6 is 0 Å². The Balaban J connectivity index is 1.51. The third kappa shape index (κ3) is 3.19. The zero-order valence-electron chi connectivity index (χ0n) is 18.7. The summed E-state index contributed by atoms with van der Waals surface area (Å²) in [5.74, 6) is -0.240. The molecule has 6 rings (SSSR count). The molecule has 2 aliphatic rings. The molecule has 2 nitrogen and oxygen atoms in total. The highest BCUT2D eigenvalue weighted by Crippen LogP contribution is 2.59. The first kappa shape index (κ1) is 20.6. The molecule has 0 fully saturated rings. The van der Waals surface area contributed by atoms with E-state index in [4.69, 9.17) is 0 Å². The molecule has 4 aromatic carbocycles. The highest BCUT2D eigenvalue weighted by Gasteiger charge is 2.57. The lowest BCUT2D eigenvalue weighted by molar-refractivity contribution is -0.123. The number of carbonyl (C=O) groups is 1. The van der Waals surface area contributed by atoms with E-state index in [0.29, 0.717) is 13.0 Å². The number of rotatable bonds is 4. The molecule has 166 valence electrons. The predicted molar refractivity (Wildman–Crippen MR) is 134 cm³/mol. The summed E-state index contributed by atoms with van der Waals surface area (Å²) in [6, 6.07) is 35.2. The van der Waals surface area contributed by atoms with Crippen molar-refractivity contribution in [3.8, 4) is 0 Å². The Bertz CT molecular complexity index is 1380. The molecule has 3 heteroatoms. The van der Waals surface area contributed by atoms with E-state index < -0.39 is 5.41 Å². The highest BCUT2D eigenvalue weighted by atomic mass is 19.1. The molecule has 1 aliphatic carbocycles. The van der Waals surface area contributed by atoms with Gasteiger partial charge in [0.05, 0.1) is 12.0 Å². The standard InChI is InChI=1S/C31H24FNO/c32-26-17-15-23(16-18-26)25-19-28(24-11-5-2-6-12-24)31(20-25)27-13-7-8-14-29(27)33(30(31)34)21-22-9-3-1-4-10-22/h1-19,28H,20-21H2/t28-,31+/m1/s1. The van der Waals surface area contributed by atoms with Crippen LogP contribution in [0.2, 0.25) is 0 Å². The first-order valence-electron chi connectivity index (χ1n) is 11.6. The van der Waals surface area contributed by atoms with Crippen LogP contribution in [0.15, 0.2) is 115 Å². The third-order valence-corrected chi connectivity index (χ3v) is 7.23. The molecule has 0 bridgehead atoms. The van der Waals surface area contributed by atoms with Crippen LogP contribution in [0.25, 0.3) is 5.57 Å². The molecular weight excluding hydrogens is 421 g/mol. The van der Waals surface area contributed by atoms with Gasteiger partial charge in [-0.2, -0.15) is 0 Å². The maximum absolute atomic E-state index is 14.4. The van der Waals surface area contributed by atoms with E-state index in [1.165, 1.54) is 12.1 Å². The van der Waals surface area contributed by atoms with Gasteiger partial charge in [-0.05, 0) is 52.4 Å². The maximum Gasteiger partial charge on any atom is 0.239 e. The second kappa shape index (κ2) is 8.11. The molecule has 0 saturated heterocycles. The zero-order valence-corrected chi connectivity index (χ0v) is 18.7. The molecule has 34 heavy (non-hydrogen) atoms. The minimum absolute atomic E-state index is 0.108. The van der Waals surface area contributed by atoms with Gasteiger partial charge in [-0.1, -0.05) is 97.1 Å². The molecule has 4 aromatic rings. The predicted octanol–water partition coefficient (Wildman–Crippen LogP) is 6.88. The Morgan fingerprint density at radius 1 is 0.794 bits per heavy atom. The van der Waals surface area contributed by atoms with Crippen LogP contribution in [0.3, 0.4) is 0 Å². The molecular formula is C31H24FNO. The van der Waals surface area contributed by atoms with Crippen LogP contribution < -0.4 is 4.90 Å². The first-order chi connectivity index (χ1) is 16.7. The molecule has 0 saturated carbocycles. The molecule has 0 radical (unpaired) electrons. The van der Waals surface area contributed by atoms with Crippen molar-refractivity contribution >= 4 is 17.2 Å². The number of anilines is 1. The topological polar surface area (TPSA) is 20.3 Å². The van der Waals surface area contributed by atoms with Gasteiger partial charge in [-0.25, -0.2) is 4.39 Å². The van der Waals surface area contributed by atoms with Crippen LogP contribution in [0.4, 0.5) is 10.1 Å². The van der Waals surface area contributed by atoms with E-state index in [1.54, 1.807) is 0 Å². The lowest BCUT2D eigenvalue weighted by atomic mass is 9.69. The number of carbonyl (C=O) groups excluding carboxylic acids is 1. The van der Waals surface area contributed by atoms with Gasteiger partial charge in [0, 0.05) is 11.6 Å². The summed E-state index contributed by atoms with van der Waals surface area (Å²) >= 11 is 0. The first-order valence-corrected chi connectivity index (χ1v) is 11.6. The average Bonchev–Trinajstić information content (AvgIpc) is 3.39. The van der Waals surface area contributed by atoms with Gasteiger partial charge >= 0.3 is 0 Å². The van der Waals surface area contributed by atoms with Crippen molar-refractivity contribution in [2.45, 2.75) is 24.3 Å². The van der Waals surface area contributed by atoms with Gasteiger partial charge in [-0.15, -0.1) is 0 Å². The summed E-state index contributed by atoms with van der Waals surface area (Å²) in [5, 5.41) is 0. The fraction of sp³-hybridized carbons (Fsp3) is 0.129. The molecule has 0 aromatic heterocycles. The van der Waals surface area contributed by atoms with E-state index in [0.717, 1.165) is 33.5 Å². The van der Waals surface area contributed by atoms with Crippen molar-refractivity contribution in [3.05, 3.63) is 143 Å². The average molecular weight is 446 g/mol. The van der Waals surface area contributed by atoms with E-state index in [9.17, 15) is 9.18 Å². The van der Waals surface area contributed by atoms with Crippen LogP contribution in [0, 0.1) is 5.82 Å². The summed E-state index contributed by atoms with van der Waals surface area (Å²) < 4.78 is 13.6. The minimum Gasteiger partial charge on any atom is -0.307 e. The van der Waals surface area contributed by atoms with Crippen LogP contribution in [0.5, 0.6) is 0 Å². The van der Waals surface area contributed by atoms with Crippen molar-refractivity contribution in [3.63, 3.8) is 0 Å². The normalized spacial score (nSPS) is 21.1. The van der Waals surface area contributed by atoms with Crippen LogP contribution in [-0.4, -0.2) is 5.91 Å². The Labute approximate surface area is 199 Å². The molecule has 0 unspecified atom stereocenters. The quantitative estimate of drug-likeness (QED) is 0.335. The number of allylic oxidation sites excluding steroid dienone is 2. The molecule has 1 amide bonds. The van der Waals surface area contributed by atoms with Crippen molar-refractivity contribution in [2.75, 3.05) is 4.90 Å². The number of para-hydroxylation sites is 1. The van der Waals surface area contributed by atoms with Gasteiger partial charge in [0.25, 0.3) is 0 Å². The Morgan fingerprint density at radius 3 is 2.18 bits per heavy atom. The van der Waals surface area contributed by atoms with Gasteiger partial charge in [0.1, 0.15) is 5.82 Å². The Hall–Kier alpha value is -3.98. The fourth-order valence-electron chi connectivity index (χ4n) is 5.66. The highest BCUT2D eigenvalue weighted by molar-refractivity contribution is 6.11. The number of nitrogens with zero attached hydrogens (tertiary/aromatic N) is 1. The molecule has 1 spiro atoms. The number of amides is 1. The molecule has 1 heterocycles. The fourth-order valence-corrected chi connectivity index (χ4v) is 5.66. The number of hydrogen-bond acceptors (Lipinski definition) is 1. The maximum atomic E-state index is 14.4. The lowest BCUT2D eigenvalue weighted by Crippen LogP contribution is -2.42. The molecule has 2 atom stereocenters. The minimum atomic E-state index is -0.726. The van der Waals surface area contributed by atoms with Crippen LogP contribution in [-0.2, 0) is 16.8 Å². The molecule has 1 aliphatic heterocycles. The summed E-state index contributed by atoms with van der Waals surface area (Å²) in [4.78, 5) is 16.4. The summed E-state index contributed by atoms with van der Waals surface area (Å²) in [5.41, 5.74) is 5.58. The van der Waals surface area contributed by atoms with Gasteiger partial charge in [0.2, 0.25) is 5.91 Å². The van der Waals surface area contributed by atoms with Gasteiger partial charge in [-0.3, -0.25) is 4.79 Å². The number of halogens is 1. The SMILES string of the molecule is O=C1N(Cc2ccccc2)c2ccccc2[C@]12CC(c1ccc(F)cc1)=C[C@@H]2c1ccccc1. The van der Waals surface area contributed by atoms with E-state index in [1.807, 2.05) is 65.6 Å². The van der Waals surface area contributed by atoms with Crippen molar-refractivity contribution in [1.82, 2.24) is 0 Å². The van der Waals surface area contributed by atoms with Gasteiger partial charge < -0.3 is 4.90 Å².